The van der Waals surface area contributed by atoms with Crippen LogP contribution in [0.3, 0.4) is 0 Å². The molecule has 6 heteroatoms. The first kappa shape index (κ1) is 13.2. The lowest BCUT2D eigenvalue weighted by atomic mass is 10.2. The summed E-state index contributed by atoms with van der Waals surface area (Å²) in [5, 5.41) is 0. The molecule has 1 aliphatic rings. The number of carbonyl (C=O) groups is 1. The zero-order chi connectivity index (χ0) is 14.8. The van der Waals surface area contributed by atoms with Gasteiger partial charge < -0.3 is 15.2 Å². The Kier molecular flexibility index (Phi) is 3.35. The molecule has 21 heavy (non-hydrogen) atoms. The van der Waals surface area contributed by atoms with Crippen LogP contribution in [0.5, 0.6) is 11.5 Å². The van der Waals surface area contributed by atoms with Gasteiger partial charge in [-0.05, 0) is 18.2 Å². The molecule has 0 saturated carbocycles. The molecule has 1 aromatic heterocycles. The lowest BCUT2D eigenvalue weighted by Gasteiger charge is -2.24. The van der Waals surface area contributed by atoms with Gasteiger partial charge >= 0.3 is 0 Å². The Morgan fingerprint density at radius 2 is 1.95 bits per heavy atom. The maximum Gasteiger partial charge on any atom is 0.229 e. The number of anilines is 3. The number of rotatable bonds is 2. The highest BCUT2D eigenvalue weighted by Crippen LogP contribution is 2.36. The summed E-state index contributed by atoms with van der Waals surface area (Å²) in [5.74, 6) is 1.60. The minimum absolute atomic E-state index is 0.162. The van der Waals surface area contributed by atoms with Crippen LogP contribution in [0.1, 0.15) is 6.92 Å². The maximum atomic E-state index is 12.0. The fourth-order valence-corrected chi connectivity index (χ4v) is 2.20. The van der Waals surface area contributed by atoms with Gasteiger partial charge in [0, 0.05) is 30.9 Å². The molecule has 2 aromatic rings. The van der Waals surface area contributed by atoms with E-state index in [1.54, 1.807) is 36.5 Å². The molecule has 6 nitrogen and oxygen atoms in total. The normalized spacial score (nSPS) is 12.8. The number of pyridine rings is 1. The Morgan fingerprint density at radius 3 is 2.67 bits per heavy atom. The number of hydrogen-bond acceptors (Lipinski definition) is 5. The van der Waals surface area contributed by atoms with Gasteiger partial charge in [-0.2, -0.15) is 0 Å². The predicted octanol–water partition coefficient (Wildman–Crippen LogP) is 2.12. The largest absolute Gasteiger partial charge is 0.486 e. The Labute approximate surface area is 122 Å². The third-order valence-corrected chi connectivity index (χ3v) is 3.10. The van der Waals surface area contributed by atoms with Crippen LogP contribution in [0, 0.1) is 0 Å². The molecule has 0 radical (unpaired) electrons. The SMILES string of the molecule is CC(=O)N(c1ccc2c(c1)OCCO2)c1cc(N)ccn1. The van der Waals surface area contributed by atoms with E-state index in [1.807, 2.05) is 0 Å². The molecule has 1 amide bonds. The molecular weight excluding hydrogens is 270 g/mol. The number of aromatic nitrogens is 1. The Bertz CT molecular complexity index is 688. The summed E-state index contributed by atoms with van der Waals surface area (Å²) in [6, 6.07) is 8.66. The van der Waals surface area contributed by atoms with E-state index in [0.717, 1.165) is 0 Å². The molecule has 2 N–H and O–H groups in total. The third-order valence-electron chi connectivity index (χ3n) is 3.10. The molecule has 0 aliphatic carbocycles. The molecular formula is C15H15N3O3. The molecule has 0 saturated heterocycles. The predicted molar refractivity (Wildman–Crippen MR) is 78.9 cm³/mol. The molecule has 2 heterocycles. The Balaban J connectivity index is 2.03. The van der Waals surface area contributed by atoms with Gasteiger partial charge in [0.1, 0.15) is 19.0 Å². The lowest BCUT2D eigenvalue weighted by Crippen LogP contribution is -2.24. The van der Waals surface area contributed by atoms with Crippen molar-refractivity contribution in [1.29, 1.82) is 0 Å². The second kappa shape index (κ2) is 5.32. The fraction of sp³-hybridized carbons (Fsp3) is 0.200. The van der Waals surface area contributed by atoms with E-state index >= 15 is 0 Å². The van der Waals surface area contributed by atoms with Crippen LogP contribution in [0.15, 0.2) is 36.5 Å². The Hall–Kier alpha value is -2.76. The third kappa shape index (κ3) is 2.60. The fourth-order valence-electron chi connectivity index (χ4n) is 2.20. The van der Waals surface area contributed by atoms with Gasteiger partial charge in [-0.3, -0.25) is 9.69 Å². The number of amides is 1. The molecule has 3 rings (SSSR count). The van der Waals surface area contributed by atoms with E-state index in [9.17, 15) is 4.79 Å². The van der Waals surface area contributed by atoms with Crippen LogP contribution in [0.4, 0.5) is 17.2 Å². The van der Waals surface area contributed by atoms with Crippen LogP contribution < -0.4 is 20.1 Å². The minimum atomic E-state index is -0.162. The quantitative estimate of drug-likeness (QED) is 0.914. The van der Waals surface area contributed by atoms with Crippen LogP contribution in [0.2, 0.25) is 0 Å². The lowest BCUT2D eigenvalue weighted by molar-refractivity contribution is -0.115. The van der Waals surface area contributed by atoms with E-state index in [-0.39, 0.29) is 5.91 Å². The standard InChI is InChI=1S/C15H15N3O3/c1-10(19)18(15-8-11(16)4-5-17-15)12-2-3-13-14(9-12)21-7-6-20-13/h2-5,8-9H,6-7H2,1H3,(H2,16,17). The number of ether oxygens (including phenoxy) is 2. The first-order chi connectivity index (χ1) is 10.1. The average molecular weight is 285 g/mol. The molecule has 0 unspecified atom stereocenters. The van der Waals surface area contributed by atoms with Gasteiger partial charge in [-0.1, -0.05) is 0 Å². The molecule has 0 spiro atoms. The summed E-state index contributed by atoms with van der Waals surface area (Å²) in [7, 11) is 0. The molecule has 1 aliphatic heterocycles. The maximum absolute atomic E-state index is 12.0. The highest BCUT2D eigenvalue weighted by molar-refractivity contribution is 5.98. The molecule has 0 bridgehead atoms. The number of carbonyl (C=O) groups excluding carboxylic acids is 1. The van der Waals surface area contributed by atoms with Crippen molar-refractivity contribution >= 4 is 23.1 Å². The number of hydrogen-bond donors (Lipinski definition) is 1. The number of nitrogens with zero attached hydrogens (tertiary/aromatic N) is 2. The second-order valence-corrected chi connectivity index (χ2v) is 4.63. The number of fused-ring (bicyclic) bond motifs is 1. The van der Waals surface area contributed by atoms with Gasteiger partial charge in [0.15, 0.2) is 11.5 Å². The monoisotopic (exact) mass is 285 g/mol. The van der Waals surface area contributed by atoms with Crippen molar-refractivity contribution in [3.05, 3.63) is 36.5 Å². The smallest absolute Gasteiger partial charge is 0.229 e. The molecule has 108 valence electrons. The zero-order valence-electron chi connectivity index (χ0n) is 11.6. The summed E-state index contributed by atoms with van der Waals surface area (Å²) >= 11 is 0. The van der Waals surface area contributed by atoms with Crippen LogP contribution in [-0.2, 0) is 4.79 Å². The highest BCUT2D eigenvalue weighted by Gasteiger charge is 2.19. The van der Waals surface area contributed by atoms with E-state index in [1.165, 1.54) is 11.8 Å². The average Bonchev–Trinajstić information content (AvgIpc) is 2.47. The summed E-state index contributed by atoms with van der Waals surface area (Å²) < 4.78 is 11.0. The topological polar surface area (TPSA) is 77.7 Å². The zero-order valence-corrected chi connectivity index (χ0v) is 11.6. The van der Waals surface area contributed by atoms with E-state index in [2.05, 4.69) is 4.98 Å². The van der Waals surface area contributed by atoms with Crippen molar-refractivity contribution in [2.24, 2.45) is 0 Å². The van der Waals surface area contributed by atoms with E-state index in [4.69, 9.17) is 15.2 Å². The van der Waals surface area contributed by atoms with Gasteiger partial charge in [0.25, 0.3) is 0 Å². The van der Waals surface area contributed by atoms with Gasteiger partial charge in [0.2, 0.25) is 5.91 Å². The van der Waals surface area contributed by atoms with Crippen molar-refractivity contribution in [2.75, 3.05) is 23.8 Å². The number of benzene rings is 1. The number of nitrogen functional groups attached to an aromatic ring is 1. The van der Waals surface area contributed by atoms with Gasteiger partial charge in [0.05, 0.1) is 5.69 Å². The summed E-state index contributed by atoms with van der Waals surface area (Å²) in [5.41, 5.74) is 6.97. The van der Waals surface area contributed by atoms with Gasteiger partial charge in [-0.15, -0.1) is 0 Å². The van der Waals surface area contributed by atoms with Crippen molar-refractivity contribution in [1.82, 2.24) is 4.98 Å². The van der Waals surface area contributed by atoms with Crippen molar-refractivity contribution in [3.63, 3.8) is 0 Å². The Morgan fingerprint density at radius 1 is 1.19 bits per heavy atom. The first-order valence-electron chi connectivity index (χ1n) is 6.57. The molecule has 0 fully saturated rings. The van der Waals surface area contributed by atoms with Gasteiger partial charge in [-0.25, -0.2) is 4.98 Å². The first-order valence-corrected chi connectivity index (χ1v) is 6.57. The van der Waals surface area contributed by atoms with E-state index in [0.29, 0.717) is 41.9 Å². The molecule has 1 aromatic carbocycles. The van der Waals surface area contributed by atoms with Crippen LogP contribution >= 0.6 is 0 Å². The van der Waals surface area contributed by atoms with Crippen LogP contribution in [0.25, 0.3) is 0 Å². The van der Waals surface area contributed by atoms with Crippen molar-refractivity contribution < 1.29 is 14.3 Å². The van der Waals surface area contributed by atoms with E-state index < -0.39 is 0 Å². The van der Waals surface area contributed by atoms with Crippen molar-refractivity contribution in [3.8, 4) is 11.5 Å². The van der Waals surface area contributed by atoms with Crippen molar-refractivity contribution in [2.45, 2.75) is 6.92 Å². The number of nitrogens with two attached hydrogens (primary N) is 1. The molecule has 0 atom stereocenters. The second-order valence-electron chi connectivity index (χ2n) is 4.63. The van der Waals surface area contributed by atoms with Crippen LogP contribution in [-0.4, -0.2) is 24.1 Å². The summed E-state index contributed by atoms with van der Waals surface area (Å²) in [4.78, 5) is 17.7. The summed E-state index contributed by atoms with van der Waals surface area (Å²) in [6.45, 7) is 2.49. The highest BCUT2D eigenvalue weighted by atomic mass is 16.6. The summed E-state index contributed by atoms with van der Waals surface area (Å²) in [6.07, 6.45) is 1.57. The minimum Gasteiger partial charge on any atom is -0.486 e.